The van der Waals surface area contributed by atoms with E-state index in [-0.39, 0.29) is 12.0 Å². The third-order valence-corrected chi connectivity index (χ3v) is 5.98. The van der Waals surface area contributed by atoms with E-state index in [2.05, 4.69) is 29.6 Å². The van der Waals surface area contributed by atoms with Crippen LogP contribution in [0.5, 0.6) is 5.75 Å². The van der Waals surface area contributed by atoms with Gasteiger partial charge < -0.3 is 4.74 Å². The van der Waals surface area contributed by atoms with Crippen molar-refractivity contribution in [3.05, 3.63) is 65.2 Å². The molecule has 0 fully saturated rings. The van der Waals surface area contributed by atoms with E-state index in [1.165, 1.54) is 33.2 Å². The number of nitrogens with zero attached hydrogens (tertiary/aromatic N) is 1. The largest absolute Gasteiger partial charge is 0.491 e. The van der Waals surface area contributed by atoms with Gasteiger partial charge in [0.25, 0.3) is 5.91 Å². The van der Waals surface area contributed by atoms with Crippen molar-refractivity contribution < 1.29 is 9.53 Å². The van der Waals surface area contributed by atoms with Gasteiger partial charge in [-0.1, -0.05) is 29.5 Å². The van der Waals surface area contributed by atoms with Crippen LogP contribution in [0.25, 0.3) is 21.0 Å². The summed E-state index contributed by atoms with van der Waals surface area (Å²) in [6, 6.07) is 15.9. The average molecular weight is 388 g/mol. The highest BCUT2D eigenvalue weighted by Crippen LogP contribution is 2.39. The number of rotatable bonds is 4. The first kappa shape index (κ1) is 17.2. The molecule has 1 amide bonds. The lowest BCUT2D eigenvalue weighted by molar-refractivity contribution is 0.102. The van der Waals surface area contributed by atoms with Crippen LogP contribution in [0.2, 0.25) is 0 Å². The summed E-state index contributed by atoms with van der Waals surface area (Å²) in [5.41, 5.74) is 4.35. The van der Waals surface area contributed by atoms with E-state index in [0.29, 0.717) is 10.7 Å². The Hall–Kier alpha value is -2.92. The van der Waals surface area contributed by atoms with E-state index in [9.17, 15) is 4.79 Å². The van der Waals surface area contributed by atoms with Gasteiger partial charge in [-0.05, 0) is 73.5 Å². The molecule has 5 rings (SSSR count). The first-order valence-electron chi connectivity index (χ1n) is 9.50. The average Bonchev–Trinajstić information content (AvgIpc) is 3.27. The predicted octanol–water partition coefficient (Wildman–Crippen LogP) is 5.59. The number of thiazole rings is 1. The van der Waals surface area contributed by atoms with Gasteiger partial charge in [0.1, 0.15) is 5.75 Å². The maximum absolute atomic E-state index is 12.6. The second-order valence-corrected chi connectivity index (χ2v) is 8.42. The second kappa shape index (κ2) is 6.60. The Morgan fingerprint density at radius 3 is 2.68 bits per heavy atom. The monoisotopic (exact) mass is 388 g/mol. The second-order valence-electron chi connectivity index (χ2n) is 7.39. The summed E-state index contributed by atoms with van der Waals surface area (Å²) in [6.07, 6.45) is 2.29. The number of aromatic nitrogens is 1. The van der Waals surface area contributed by atoms with Crippen LogP contribution in [-0.4, -0.2) is 17.0 Å². The number of benzene rings is 3. The van der Waals surface area contributed by atoms with Gasteiger partial charge in [-0.15, -0.1) is 0 Å². The molecular formula is C23H20N2O2S. The van der Waals surface area contributed by atoms with Gasteiger partial charge >= 0.3 is 0 Å². The summed E-state index contributed by atoms with van der Waals surface area (Å²) in [5, 5.41) is 6.12. The summed E-state index contributed by atoms with van der Waals surface area (Å²) in [7, 11) is 0. The summed E-state index contributed by atoms with van der Waals surface area (Å²) >= 11 is 1.53. The molecule has 140 valence electrons. The van der Waals surface area contributed by atoms with Gasteiger partial charge in [-0.2, -0.15) is 0 Å². The van der Waals surface area contributed by atoms with Crippen molar-refractivity contribution in [2.75, 3.05) is 5.32 Å². The van der Waals surface area contributed by atoms with E-state index in [0.717, 1.165) is 28.8 Å². The van der Waals surface area contributed by atoms with Gasteiger partial charge in [-0.25, -0.2) is 4.98 Å². The molecule has 1 aliphatic rings. The Balaban J connectivity index is 1.45. The molecule has 0 bridgehead atoms. The molecule has 1 heterocycles. The Morgan fingerprint density at radius 1 is 1.11 bits per heavy atom. The zero-order valence-electron chi connectivity index (χ0n) is 15.8. The first-order valence-corrected chi connectivity index (χ1v) is 10.3. The summed E-state index contributed by atoms with van der Waals surface area (Å²) in [4.78, 5) is 17.4. The highest BCUT2D eigenvalue weighted by atomic mass is 32.1. The molecular weight excluding hydrogens is 368 g/mol. The predicted molar refractivity (Wildman–Crippen MR) is 115 cm³/mol. The van der Waals surface area contributed by atoms with E-state index < -0.39 is 0 Å². The summed E-state index contributed by atoms with van der Waals surface area (Å²) < 4.78 is 6.76. The van der Waals surface area contributed by atoms with Crippen LogP contribution >= 0.6 is 11.3 Å². The first-order chi connectivity index (χ1) is 13.6. The Bertz CT molecular complexity index is 1210. The molecule has 0 aliphatic heterocycles. The van der Waals surface area contributed by atoms with Crippen molar-refractivity contribution in [3.8, 4) is 5.75 Å². The van der Waals surface area contributed by atoms with Crippen molar-refractivity contribution in [2.24, 2.45) is 0 Å². The van der Waals surface area contributed by atoms with Crippen LogP contribution in [0, 0.1) is 0 Å². The minimum atomic E-state index is -0.160. The molecule has 1 aliphatic carbocycles. The number of ether oxygens (including phenoxy) is 1. The fourth-order valence-corrected chi connectivity index (χ4v) is 4.83. The molecule has 0 saturated heterocycles. The highest BCUT2D eigenvalue weighted by Gasteiger charge is 2.19. The van der Waals surface area contributed by atoms with Gasteiger partial charge in [0, 0.05) is 10.9 Å². The Kier molecular flexibility index (Phi) is 4.05. The maximum Gasteiger partial charge on any atom is 0.257 e. The van der Waals surface area contributed by atoms with Crippen molar-refractivity contribution >= 4 is 43.4 Å². The van der Waals surface area contributed by atoms with Crippen LogP contribution in [0.1, 0.15) is 35.3 Å². The van der Waals surface area contributed by atoms with Crippen molar-refractivity contribution in [2.45, 2.75) is 32.8 Å². The van der Waals surface area contributed by atoms with Gasteiger partial charge in [0.15, 0.2) is 5.13 Å². The van der Waals surface area contributed by atoms with Crippen molar-refractivity contribution in [1.82, 2.24) is 4.98 Å². The number of carbonyl (C=O) groups is 1. The number of anilines is 1. The molecule has 3 aromatic carbocycles. The van der Waals surface area contributed by atoms with E-state index in [1.807, 2.05) is 26.0 Å². The molecule has 0 radical (unpaired) electrons. The number of hydrogen-bond donors (Lipinski definition) is 1. The number of hydrogen-bond acceptors (Lipinski definition) is 4. The van der Waals surface area contributed by atoms with Crippen molar-refractivity contribution in [1.29, 1.82) is 0 Å². The van der Waals surface area contributed by atoms with Gasteiger partial charge in [0.2, 0.25) is 0 Å². The normalized spacial score (nSPS) is 12.8. The number of amides is 1. The lowest BCUT2D eigenvalue weighted by atomic mass is 10.0. The molecule has 4 nitrogen and oxygen atoms in total. The van der Waals surface area contributed by atoms with Crippen LogP contribution in [0.4, 0.5) is 5.13 Å². The number of nitrogens with one attached hydrogen (secondary N) is 1. The minimum Gasteiger partial charge on any atom is -0.491 e. The van der Waals surface area contributed by atoms with Crippen LogP contribution in [-0.2, 0) is 12.8 Å². The Labute approximate surface area is 167 Å². The van der Waals surface area contributed by atoms with E-state index in [4.69, 9.17) is 9.72 Å². The maximum atomic E-state index is 12.6. The molecule has 5 heteroatoms. The molecule has 0 unspecified atom stereocenters. The third kappa shape index (κ3) is 2.92. The SMILES string of the molecule is CC(C)Oc1ccc(C(=O)Nc2nc3c(cc4c5c(cccc53)CC4)s2)cc1. The van der Waals surface area contributed by atoms with Crippen LogP contribution in [0.15, 0.2) is 48.5 Å². The van der Waals surface area contributed by atoms with Crippen LogP contribution in [0.3, 0.4) is 0 Å². The Morgan fingerprint density at radius 2 is 1.89 bits per heavy atom. The van der Waals surface area contributed by atoms with Crippen molar-refractivity contribution in [3.63, 3.8) is 0 Å². The fourth-order valence-electron chi connectivity index (χ4n) is 3.88. The zero-order valence-corrected chi connectivity index (χ0v) is 16.6. The van der Waals surface area contributed by atoms with Gasteiger partial charge in [-0.3, -0.25) is 10.1 Å². The summed E-state index contributed by atoms with van der Waals surface area (Å²) in [5.74, 6) is 0.600. The number of carbonyl (C=O) groups excluding carboxylic acids is 1. The van der Waals surface area contributed by atoms with Gasteiger partial charge in [0.05, 0.1) is 16.3 Å². The molecule has 4 aromatic rings. The van der Waals surface area contributed by atoms with E-state index >= 15 is 0 Å². The molecule has 0 spiro atoms. The third-order valence-electron chi connectivity index (χ3n) is 5.06. The molecule has 1 aromatic heterocycles. The topological polar surface area (TPSA) is 51.2 Å². The lowest BCUT2D eigenvalue weighted by Gasteiger charge is -2.09. The zero-order chi connectivity index (χ0) is 19.3. The molecule has 1 N–H and O–H groups in total. The van der Waals surface area contributed by atoms with Crippen LogP contribution < -0.4 is 10.1 Å². The number of aryl methyl sites for hydroxylation is 2. The quantitative estimate of drug-likeness (QED) is 0.496. The highest BCUT2D eigenvalue weighted by molar-refractivity contribution is 7.22. The molecule has 28 heavy (non-hydrogen) atoms. The fraction of sp³-hybridized carbons (Fsp3) is 0.217. The standard InChI is InChI=1S/C23H20N2O2S/c1-13(2)27-17-10-8-15(9-11-17)22(26)25-23-24-21-18-5-3-4-14-6-7-16(20(14)18)12-19(21)28-23/h3-5,8-13H,6-7H2,1-2H3,(H,24,25,26). The molecule has 0 saturated carbocycles. The lowest BCUT2D eigenvalue weighted by Crippen LogP contribution is -2.12. The van der Waals surface area contributed by atoms with E-state index in [1.54, 1.807) is 12.1 Å². The molecule has 0 atom stereocenters. The minimum absolute atomic E-state index is 0.106. The summed E-state index contributed by atoms with van der Waals surface area (Å²) in [6.45, 7) is 3.95. The number of fused-ring (bicyclic) bond motifs is 2. The smallest absolute Gasteiger partial charge is 0.257 e.